The van der Waals surface area contributed by atoms with Crippen molar-refractivity contribution in [2.24, 2.45) is 0 Å². The Morgan fingerprint density at radius 2 is 1.82 bits per heavy atom. The fourth-order valence-corrected chi connectivity index (χ4v) is 0.760. The molecule has 0 saturated carbocycles. The van der Waals surface area contributed by atoms with E-state index in [9.17, 15) is 0 Å². The van der Waals surface area contributed by atoms with E-state index in [4.69, 9.17) is 5.73 Å². The monoisotopic (exact) mass is 155 g/mol. The van der Waals surface area contributed by atoms with Gasteiger partial charge < -0.3 is 16.7 Å². The van der Waals surface area contributed by atoms with E-state index in [0.717, 1.165) is 11.3 Å². The van der Waals surface area contributed by atoms with E-state index >= 15 is 0 Å². The molecule has 1 rings (SSSR count). The minimum Gasteiger partial charge on any atom is -0.412 e. The van der Waals surface area contributed by atoms with Crippen molar-refractivity contribution in [1.82, 2.24) is 0 Å². The second-order valence-electron chi connectivity index (χ2n) is 2.36. The van der Waals surface area contributed by atoms with Gasteiger partial charge in [-0.1, -0.05) is 17.6 Å². The van der Waals surface area contributed by atoms with Gasteiger partial charge in [0.05, 0.1) is 0 Å². The summed E-state index contributed by atoms with van der Waals surface area (Å²) < 4.78 is 0. The van der Waals surface area contributed by atoms with E-state index in [1.54, 1.807) is 0 Å². The van der Waals surface area contributed by atoms with Gasteiger partial charge in [0.25, 0.3) is 0 Å². The van der Waals surface area contributed by atoms with Crippen molar-refractivity contribution in [3.05, 3.63) is 23.8 Å². The molecule has 1 aromatic carbocycles. The van der Waals surface area contributed by atoms with Gasteiger partial charge in [-0.25, -0.2) is 0 Å². The highest BCUT2D eigenvalue weighted by atomic mass is 16.0. The fraction of sp³-hybridized carbons (Fsp3) is 0.143. The van der Waals surface area contributed by atoms with Crippen molar-refractivity contribution in [3.8, 4) is 0 Å². The summed E-state index contributed by atoms with van der Waals surface area (Å²) in [6, 6.07) is 6.08. The smallest absolute Gasteiger partial charge is 0.139 e. The van der Waals surface area contributed by atoms with Gasteiger partial charge in [0.15, 0.2) is 0 Å². The van der Waals surface area contributed by atoms with E-state index in [0.29, 0.717) is 0 Å². The molecule has 6 N–H and O–H groups in total. The first-order valence-corrected chi connectivity index (χ1v) is 3.03. The van der Waals surface area contributed by atoms with E-state index in [1.165, 1.54) is 5.46 Å². The third kappa shape index (κ3) is 3.07. The molecule has 0 aromatic heterocycles. The minimum absolute atomic E-state index is 0. The zero-order valence-electron chi connectivity index (χ0n) is 6.81. The molecule has 1 aromatic rings. The number of benzene rings is 1. The van der Waals surface area contributed by atoms with Crippen molar-refractivity contribution < 1.29 is 11.0 Å². The lowest BCUT2D eigenvalue weighted by atomic mass is 9.94. The molecule has 0 atom stereocenters. The molecule has 0 aliphatic heterocycles. The molecule has 0 aliphatic rings. The van der Waals surface area contributed by atoms with Gasteiger partial charge in [-0.2, -0.15) is 0 Å². The number of nitrogen functional groups attached to an aromatic ring is 1. The normalized spacial score (nSPS) is 7.73. The van der Waals surface area contributed by atoms with E-state index in [-0.39, 0.29) is 11.0 Å². The standard InChI is InChI=1S/C7H10BN.2H2O/c1-5-2-3-6(8)4-7(5)9;;/h2-4H,8-9H2,1H3;2*1H2. The molecule has 0 amide bonds. The lowest BCUT2D eigenvalue weighted by molar-refractivity contribution is 0.823. The van der Waals surface area contributed by atoms with Crippen LogP contribution in [0.4, 0.5) is 5.69 Å². The van der Waals surface area contributed by atoms with Gasteiger partial charge in [0, 0.05) is 5.69 Å². The number of hydrogen-bond acceptors (Lipinski definition) is 1. The summed E-state index contributed by atoms with van der Waals surface area (Å²) in [6.07, 6.45) is 0. The topological polar surface area (TPSA) is 89.0 Å². The molecular formula is C7H14BNO2. The fourth-order valence-electron chi connectivity index (χ4n) is 0.760. The zero-order chi connectivity index (χ0) is 6.85. The highest BCUT2D eigenvalue weighted by Gasteiger charge is 1.89. The van der Waals surface area contributed by atoms with E-state index in [1.807, 2.05) is 26.9 Å². The third-order valence-electron chi connectivity index (χ3n) is 1.43. The maximum atomic E-state index is 5.62. The van der Waals surface area contributed by atoms with Crippen LogP contribution in [0.1, 0.15) is 5.56 Å². The maximum absolute atomic E-state index is 5.62. The second kappa shape index (κ2) is 4.76. The maximum Gasteiger partial charge on any atom is 0.139 e. The van der Waals surface area contributed by atoms with Crippen LogP contribution in [0.2, 0.25) is 0 Å². The molecule has 0 spiro atoms. The Morgan fingerprint density at radius 1 is 1.27 bits per heavy atom. The molecule has 0 aliphatic carbocycles. The number of aryl methyl sites for hydroxylation is 1. The Hall–Kier alpha value is -0.995. The molecular weight excluding hydrogens is 141 g/mol. The van der Waals surface area contributed by atoms with E-state index < -0.39 is 0 Å². The predicted octanol–water partition coefficient (Wildman–Crippen LogP) is -1.81. The highest BCUT2D eigenvalue weighted by molar-refractivity contribution is 6.32. The van der Waals surface area contributed by atoms with Crippen molar-refractivity contribution in [1.29, 1.82) is 0 Å². The summed E-state index contributed by atoms with van der Waals surface area (Å²) in [7, 11) is 2.04. The van der Waals surface area contributed by atoms with Crippen molar-refractivity contribution in [3.63, 3.8) is 0 Å². The predicted molar refractivity (Wildman–Crippen MR) is 51.0 cm³/mol. The number of anilines is 1. The van der Waals surface area contributed by atoms with Gasteiger partial charge in [0.2, 0.25) is 0 Å². The second-order valence-corrected chi connectivity index (χ2v) is 2.36. The summed E-state index contributed by atoms with van der Waals surface area (Å²) in [4.78, 5) is 0. The Balaban J connectivity index is 0. The first kappa shape index (κ1) is 12.7. The lowest BCUT2D eigenvalue weighted by Gasteiger charge is -1.98. The average Bonchev–Trinajstić information content (AvgIpc) is 1.80. The molecule has 0 saturated heterocycles. The zero-order valence-corrected chi connectivity index (χ0v) is 6.81. The van der Waals surface area contributed by atoms with Gasteiger partial charge in [-0.05, 0) is 18.6 Å². The number of hydrogen-bond donors (Lipinski definition) is 1. The van der Waals surface area contributed by atoms with Crippen LogP contribution in [0.15, 0.2) is 18.2 Å². The van der Waals surface area contributed by atoms with E-state index in [2.05, 4.69) is 6.07 Å². The molecule has 3 nitrogen and oxygen atoms in total. The first-order valence-electron chi connectivity index (χ1n) is 3.03. The largest absolute Gasteiger partial charge is 0.412 e. The molecule has 0 heterocycles. The van der Waals surface area contributed by atoms with Crippen LogP contribution in [0.5, 0.6) is 0 Å². The molecule has 0 radical (unpaired) electrons. The average molecular weight is 155 g/mol. The third-order valence-corrected chi connectivity index (χ3v) is 1.43. The SMILES string of the molecule is Bc1ccc(C)c(N)c1.O.O. The van der Waals surface area contributed by atoms with Gasteiger partial charge in [-0.15, -0.1) is 0 Å². The Bertz CT molecular complexity index is 228. The summed E-state index contributed by atoms with van der Waals surface area (Å²) in [5.74, 6) is 0. The summed E-state index contributed by atoms with van der Waals surface area (Å²) >= 11 is 0. The van der Waals surface area contributed by atoms with Crippen molar-refractivity contribution in [2.75, 3.05) is 5.73 Å². The van der Waals surface area contributed by atoms with Crippen LogP contribution in [-0.2, 0) is 0 Å². The Labute approximate surface area is 67.2 Å². The first-order chi connectivity index (χ1) is 4.20. The van der Waals surface area contributed by atoms with Crippen LogP contribution < -0.4 is 11.2 Å². The summed E-state index contributed by atoms with van der Waals surface area (Å²) in [5.41, 5.74) is 8.88. The molecule has 62 valence electrons. The molecule has 4 heteroatoms. The van der Waals surface area contributed by atoms with Crippen LogP contribution in [-0.4, -0.2) is 18.8 Å². The molecule has 0 bridgehead atoms. The lowest BCUT2D eigenvalue weighted by Crippen LogP contribution is -2.03. The Kier molecular flexibility index (Phi) is 5.48. The minimum atomic E-state index is 0. The van der Waals surface area contributed by atoms with Crippen LogP contribution in [0, 0.1) is 6.92 Å². The quantitative estimate of drug-likeness (QED) is 0.347. The highest BCUT2D eigenvalue weighted by Crippen LogP contribution is 2.04. The van der Waals surface area contributed by atoms with Crippen molar-refractivity contribution >= 4 is 19.0 Å². The van der Waals surface area contributed by atoms with Gasteiger partial charge in [0.1, 0.15) is 7.85 Å². The molecule has 0 fully saturated rings. The summed E-state index contributed by atoms with van der Waals surface area (Å²) in [5, 5.41) is 0. The van der Waals surface area contributed by atoms with Crippen molar-refractivity contribution in [2.45, 2.75) is 6.92 Å². The Morgan fingerprint density at radius 3 is 2.18 bits per heavy atom. The van der Waals surface area contributed by atoms with Crippen LogP contribution in [0.3, 0.4) is 0 Å². The van der Waals surface area contributed by atoms with Gasteiger partial charge in [-0.3, -0.25) is 0 Å². The number of rotatable bonds is 0. The molecule has 0 unspecified atom stereocenters. The van der Waals surface area contributed by atoms with Gasteiger partial charge >= 0.3 is 0 Å². The summed E-state index contributed by atoms with van der Waals surface area (Å²) in [6.45, 7) is 2.01. The van der Waals surface area contributed by atoms with Crippen LogP contribution >= 0.6 is 0 Å². The van der Waals surface area contributed by atoms with Crippen LogP contribution in [0.25, 0.3) is 0 Å². The number of nitrogens with two attached hydrogens (primary N) is 1. The molecule has 11 heavy (non-hydrogen) atoms.